The van der Waals surface area contributed by atoms with Gasteiger partial charge in [0.1, 0.15) is 11.4 Å². The van der Waals surface area contributed by atoms with Gasteiger partial charge >= 0.3 is 5.97 Å². The minimum Gasteiger partial charge on any atom is -0.478 e. The first-order valence-electron chi connectivity index (χ1n) is 6.09. The molecule has 0 aliphatic rings. The maximum Gasteiger partial charge on any atom is 0.340 e. The second kappa shape index (κ2) is 5.62. The number of rotatable bonds is 3. The van der Waals surface area contributed by atoms with Crippen LogP contribution in [0.2, 0.25) is 0 Å². The number of halogens is 1. The number of anilines is 2. The van der Waals surface area contributed by atoms with Crippen molar-refractivity contribution >= 4 is 23.3 Å². The number of nitrogens with one attached hydrogen (secondary N) is 1. The Labute approximate surface area is 120 Å². The van der Waals surface area contributed by atoms with Gasteiger partial charge in [0, 0.05) is 11.3 Å². The summed E-state index contributed by atoms with van der Waals surface area (Å²) in [7, 11) is 0. The molecule has 0 heterocycles. The minimum absolute atomic E-state index is 0.0954. The number of hydrogen-bond donors (Lipinski definition) is 3. The Morgan fingerprint density at radius 1 is 1.24 bits per heavy atom. The molecule has 4 N–H and O–H groups in total. The molecule has 0 saturated heterocycles. The first-order valence-corrected chi connectivity index (χ1v) is 6.09. The summed E-state index contributed by atoms with van der Waals surface area (Å²) in [6, 6.07) is 8.34. The lowest BCUT2D eigenvalue weighted by Gasteiger charge is -2.10. The standard InChI is InChI=1S/C15H13FN2O3/c1-8-7-9(5-6-11(8)17)14(19)18-12-4-2-3-10(16)13(12)15(20)21/h2-7H,17H2,1H3,(H,18,19)(H,20,21). The van der Waals surface area contributed by atoms with Crippen molar-refractivity contribution in [2.45, 2.75) is 6.92 Å². The summed E-state index contributed by atoms with van der Waals surface area (Å²) in [5, 5.41) is 11.4. The number of nitrogen functional groups attached to an aromatic ring is 1. The molecule has 0 unspecified atom stereocenters. The van der Waals surface area contributed by atoms with Crippen molar-refractivity contribution in [1.82, 2.24) is 0 Å². The number of benzene rings is 2. The quantitative estimate of drug-likeness (QED) is 0.757. The van der Waals surface area contributed by atoms with Gasteiger partial charge in [-0.1, -0.05) is 6.07 Å². The Kier molecular flexibility index (Phi) is 3.89. The maximum atomic E-state index is 13.5. The van der Waals surface area contributed by atoms with E-state index in [1.54, 1.807) is 19.1 Å². The zero-order valence-corrected chi connectivity index (χ0v) is 11.2. The topological polar surface area (TPSA) is 92.4 Å². The van der Waals surface area contributed by atoms with Gasteiger partial charge in [-0.2, -0.15) is 0 Å². The van der Waals surface area contributed by atoms with Gasteiger partial charge in [-0.25, -0.2) is 9.18 Å². The first-order chi connectivity index (χ1) is 9.90. The number of carbonyl (C=O) groups excluding carboxylic acids is 1. The first kappa shape index (κ1) is 14.5. The number of nitrogens with two attached hydrogens (primary N) is 1. The van der Waals surface area contributed by atoms with Gasteiger partial charge in [0.2, 0.25) is 0 Å². The largest absolute Gasteiger partial charge is 0.478 e. The van der Waals surface area contributed by atoms with E-state index in [4.69, 9.17) is 10.8 Å². The van der Waals surface area contributed by atoms with Crippen molar-refractivity contribution in [3.63, 3.8) is 0 Å². The molecule has 21 heavy (non-hydrogen) atoms. The lowest BCUT2D eigenvalue weighted by Crippen LogP contribution is -2.16. The van der Waals surface area contributed by atoms with Crippen LogP contribution in [0.25, 0.3) is 0 Å². The van der Waals surface area contributed by atoms with E-state index in [-0.39, 0.29) is 5.69 Å². The number of aryl methyl sites for hydroxylation is 1. The molecule has 0 atom stereocenters. The van der Waals surface area contributed by atoms with Crippen molar-refractivity contribution in [3.05, 3.63) is 58.9 Å². The Bertz CT molecular complexity index is 729. The molecule has 0 aliphatic heterocycles. The van der Waals surface area contributed by atoms with Crippen molar-refractivity contribution < 1.29 is 19.1 Å². The Balaban J connectivity index is 2.34. The summed E-state index contributed by atoms with van der Waals surface area (Å²) in [5.41, 5.74) is 6.57. The van der Waals surface area contributed by atoms with E-state index in [9.17, 15) is 14.0 Å². The predicted octanol–water partition coefficient (Wildman–Crippen LogP) is 2.67. The maximum absolute atomic E-state index is 13.5. The van der Waals surface area contributed by atoms with Crippen molar-refractivity contribution in [1.29, 1.82) is 0 Å². The Morgan fingerprint density at radius 3 is 2.57 bits per heavy atom. The summed E-state index contributed by atoms with van der Waals surface area (Å²) >= 11 is 0. The van der Waals surface area contributed by atoms with E-state index in [0.29, 0.717) is 11.3 Å². The van der Waals surface area contributed by atoms with Gasteiger partial charge in [0.05, 0.1) is 5.69 Å². The van der Waals surface area contributed by atoms with Crippen LogP contribution in [0, 0.1) is 12.7 Å². The summed E-state index contributed by atoms with van der Waals surface area (Å²) in [5.74, 6) is -2.89. The highest BCUT2D eigenvalue weighted by molar-refractivity contribution is 6.08. The van der Waals surface area contributed by atoms with Gasteiger partial charge in [-0.15, -0.1) is 0 Å². The molecular formula is C15H13FN2O3. The molecule has 0 aliphatic carbocycles. The molecule has 0 spiro atoms. The fourth-order valence-corrected chi connectivity index (χ4v) is 1.86. The highest BCUT2D eigenvalue weighted by atomic mass is 19.1. The summed E-state index contributed by atoms with van der Waals surface area (Å²) in [4.78, 5) is 23.1. The molecule has 2 aromatic carbocycles. The number of carboxylic acid groups (broad SMARTS) is 1. The average Bonchev–Trinajstić information content (AvgIpc) is 2.41. The van der Waals surface area contributed by atoms with Crippen LogP contribution >= 0.6 is 0 Å². The fraction of sp³-hybridized carbons (Fsp3) is 0.0667. The highest BCUT2D eigenvalue weighted by Gasteiger charge is 2.18. The van der Waals surface area contributed by atoms with Crippen LogP contribution < -0.4 is 11.1 Å². The van der Waals surface area contributed by atoms with E-state index in [2.05, 4.69) is 5.32 Å². The molecule has 2 aromatic rings. The minimum atomic E-state index is -1.45. The van der Waals surface area contributed by atoms with Crippen molar-refractivity contribution in [2.75, 3.05) is 11.1 Å². The smallest absolute Gasteiger partial charge is 0.340 e. The molecule has 0 aromatic heterocycles. The molecular weight excluding hydrogens is 275 g/mol. The number of carboxylic acids is 1. The van der Waals surface area contributed by atoms with Gasteiger partial charge in [0.25, 0.3) is 5.91 Å². The third-order valence-corrected chi connectivity index (χ3v) is 3.01. The molecule has 0 saturated carbocycles. The molecule has 108 valence electrons. The van der Waals surface area contributed by atoms with E-state index in [1.165, 1.54) is 18.2 Å². The second-order valence-electron chi connectivity index (χ2n) is 4.49. The predicted molar refractivity (Wildman–Crippen MR) is 76.9 cm³/mol. The molecule has 2 rings (SSSR count). The second-order valence-corrected chi connectivity index (χ2v) is 4.49. The SMILES string of the molecule is Cc1cc(C(=O)Nc2cccc(F)c2C(=O)O)ccc1N. The van der Waals surface area contributed by atoms with Crippen molar-refractivity contribution in [2.24, 2.45) is 0 Å². The van der Waals surface area contributed by atoms with Crippen LogP contribution in [0.15, 0.2) is 36.4 Å². The fourth-order valence-electron chi connectivity index (χ4n) is 1.86. The number of aromatic carboxylic acids is 1. The van der Waals surface area contributed by atoms with Crippen LogP contribution in [-0.4, -0.2) is 17.0 Å². The van der Waals surface area contributed by atoms with Gasteiger partial charge in [-0.05, 0) is 42.8 Å². The molecule has 5 nitrogen and oxygen atoms in total. The van der Waals surface area contributed by atoms with Crippen LogP contribution in [0.4, 0.5) is 15.8 Å². The monoisotopic (exact) mass is 288 g/mol. The van der Waals surface area contributed by atoms with Gasteiger partial charge < -0.3 is 16.2 Å². The van der Waals surface area contributed by atoms with Crippen LogP contribution in [0.3, 0.4) is 0 Å². The molecule has 0 radical (unpaired) electrons. The lowest BCUT2D eigenvalue weighted by atomic mass is 10.1. The van der Waals surface area contributed by atoms with E-state index in [0.717, 1.165) is 11.6 Å². The summed E-state index contributed by atoms with van der Waals surface area (Å²) in [6.07, 6.45) is 0. The number of carbonyl (C=O) groups is 2. The molecule has 1 amide bonds. The van der Waals surface area contributed by atoms with Crippen LogP contribution in [0.5, 0.6) is 0 Å². The third-order valence-electron chi connectivity index (χ3n) is 3.01. The normalized spacial score (nSPS) is 10.2. The third kappa shape index (κ3) is 3.00. The molecule has 0 bridgehead atoms. The summed E-state index contributed by atoms with van der Waals surface area (Å²) in [6.45, 7) is 1.75. The van der Waals surface area contributed by atoms with E-state index in [1.807, 2.05) is 0 Å². The zero-order chi connectivity index (χ0) is 15.6. The van der Waals surface area contributed by atoms with Crippen LogP contribution in [-0.2, 0) is 0 Å². The summed E-state index contributed by atoms with van der Waals surface area (Å²) < 4.78 is 13.5. The molecule has 0 fully saturated rings. The Hall–Kier alpha value is -2.89. The lowest BCUT2D eigenvalue weighted by molar-refractivity contribution is 0.0693. The van der Waals surface area contributed by atoms with E-state index < -0.39 is 23.3 Å². The highest BCUT2D eigenvalue weighted by Crippen LogP contribution is 2.20. The average molecular weight is 288 g/mol. The number of hydrogen-bond acceptors (Lipinski definition) is 3. The van der Waals surface area contributed by atoms with Gasteiger partial charge in [-0.3, -0.25) is 4.79 Å². The zero-order valence-electron chi connectivity index (χ0n) is 11.2. The van der Waals surface area contributed by atoms with Gasteiger partial charge in [0.15, 0.2) is 0 Å². The van der Waals surface area contributed by atoms with E-state index >= 15 is 0 Å². The Morgan fingerprint density at radius 2 is 1.95 bits per heavy atom. The van der Waals surface area contributed by atoms with Crippen LogP contribution in [0.1, 0.15) is 26.3 Å². The van der Waals surface area contributed by atoms with Crippen molar-refractivity contribution in [3.8, 4) is 0 Å². The molecule has 6 heteroatoms. The number of amides is 1.